The Hall–Kier alpha value is -1.66. The number of hydrogen-bond acceptors (Lipinski definition) is 5. The summed E-state index contributed by atoms with van der Waals surface area (Å²) >= 11 is 0. The van der Waals surface area contributed by atoms with Crippen LogP contribution in [0.4, 0.5) is 0 Å². The van der Waals surface area contributed by atoms with E-state index in [1.165, 1.54) is 186 Å². The summed E-state index contributed by atoms with van der Waals surface area (Å²) in [5, 5.41) is 23.1. The SMILES string of the molecule is CCCCC/C=C\C/C=C\CCCCCCCC(=O)OCCCCCCCCCCCCCCCCCCC(=O)NC(CO)C(O)CCCCCCCCCCCCC. The summed E-state index contributed by atoms with van der Waals surface area (Å²) in [6, 6.07) is -0.545. The van der Waals surface area contributed by atoms with Crippen molar-refractivity contribution in [3.05, 3.63) is 24.3 Å². The number of nitrogens with one attached hydrogen (secondary N) is 1. The van der Waals surface area contributed by atoms with Crippen molar-refractivity contribution in [1.29, 1.82) is 0 Å². The lowest BCUT2D eigenvalue weighted by molar-refractivity contribution is -0.143. The third-order valence-corrected chi connectivity index (χ3v) is 12.0. The third kappa shape index (κ3) is 45.7. The molecule has 3 N–H and O–H groups in total. The Morgan fingerprint density at radius 1 is 0.475 bits per heavy atom. The number of carbonyl (C=O) groups excluding carboxylic acids is 2. The molecule has 59 heavy (non-hydrogen) atoms. The zero-order valence-electron chi connectivity index (χ0n) is 39.5. The van der Waals surface area contributed by atoms with Crippen LogP contribution in [0, 0.1) is 0 Å². The largest absolute Gasteiger partial charge is 0.466 e. The Bertz CT molecular complexity index is 920. The van der Waals surface area contributed by atoms with E-state index in [9.17, 15) is 19.8 Å². The highest BCUT2D eigenvalue weighted by atomic mass is 16.5. The second-order valence-corrected chi connectivity index (χ2v) is 17.9. The molecular formula is C53H101NO5. The number of ether oxygens (including phenoxy) is 1. The first-order valence-corrected chi connectivity index (χ1v) is 26.1. The lowest BCUT2D eigenvalue weighted by atomic mass is 10.0. The summed E-state index contributed by atoms with van der Waals surface area (Å²) in [6.45, 7) is 4.90. The van der Waals surface area contributed by atoms with E-state index in [1.54, 1.807) is 0 Å². The van der Waals surface area contributed by atoms with Crippen molar-refractivity contribution in [2.45, 2.75) is 289 Å². The summed E-state index contributed by atoms with van der Waals surface area (Å²) < 4.78 is 5.46. The molecule has 0 saturated heterocycles. The summed E-state index contributed by atoms with van der Waals surface area (Å²) in [4.78, 5) is 24.4. The first-order valence-electron chi connectivity index (χ1n) is 26.1. The smallest absolute Gasteiger partial charge is 0.305 e. The molecule has 2 atom stereocenters. The van der Waals surface area contributed by atoms with Gasteiger partial charge in [-0.2, -0.15) is 0 Å². The van der Waals surface area contributed by atoms with Gasteiger partial charge in [0.2, 0.25) is 5.91 Å². The quantitative estimate of drug-likeness (QED) is 0.0322. The lowest BCUT2D eigenvalue weighted by Crippen LogP contribution is -2.45. The molecule has 0 radical (unpaired) electrons. The molecule has 0 bridgehead atoms. The van der Waals surface area contributed by atoms with Crippen LogP contribution in [0.3, 0.4) is 0 Å². The van der Waals surface area contributed by atoms with Crippen molar-refractivity contribution in [2.24, 2.45) is 0 Å². The van der Waals surface area contributed by atoms with Gasteiger partial charge in [0.1, 0.15) is 0 Å². The molecule has 0 aliphatic carbocycles. The van der Waals surface area contributed by atoms with Crippen LogP contribution < -0.4 is 5.32 Å². The molecule has 0 rings (SSSR count). The summed E-state index contributed by atoms with van der Waals surface area (Å²) in [5.41, 5.74) is 0. The van der Waals surface area contributed by atoms with Gasteiger partial charge in [-0.05, 0) is 57.8 Å². The summed E-state index contributed by atoms with van der Waals surface area (Å²) in [6.07, 6.45) is 57.2. The maximum Gasteiger partial charge on any atom is 0.305 e. The molecule has 0 saturated carbocycles. The molecule has 0 aliphatic rings. The van der Waals surface area contributed by atoms with Gasteiger partial charge in [0.05, 0.1) is 25.4 Å². The fourth-order valence-corrected chi connectivity index (χ4v) is 7.96. The monoisotopic (exact) mass is 832 g/mol. The van der Waals surface area contributed by atoms with Crippen molar-refractivity contribution in [3.8, 4) is 0 Å². The van der Waals surface area contributed by atoms with Gasteiger partial charge >= 0.3 is 5.97 Å². The topological polar surface area (TPSA) is 95.9 Å². The van der Waals surface area contributed by atoms with E-state index < -0.39 is 12.1 Å². The minimum atomic E-state index is -0.667. The van der Waals surface area contributed by atoms with E-state index in [1.807, 2.05) is 0 Å². The van der Waals surface area contributed by atoms with Crippen molar-refractivity contribution >= 4 is 11.9 Å². The van der Waals surface area contributed by atoms with Crippen LogP contribution in [0.1, 0.15) is 277 Å². The molecule has 0 aromatic rings. The molecule has 6 heteroatoms. The Morgan fingerprint density at radius 3 is 1.32 bits per heavy atom. The van der Waals surface area contributed by atoms with Gasteiger partial charge in [-0.15, -0.1) is 0 Å². The average Bonchev–Trinajstić information content (AvgIpc) is 3.24. The maximum absolute atomic E-state index is 12.4. The number of rotatable bonds is 48. The molecule has 2 unspecified atom stereocenters. The van der Waals surface area contributed by atoms with Gasteiger partial charge in [-0.3, -0.25) is 9.59 Å². The molecule has 0 fully saturated rings. The van der Waals surface area contributed by atoms with Gasteiger partial charge < -0.3 is 20.3 Å². The van der Waals surface area contributed by atoms with Crippen molar-refractivity contribution < 1.29 is 24.5 Å². The average molecular weight is 832 g/mol. The Labute approximate surface area is 367 Å². The molecule has 348 valence electrons. The van der Waals surface area contributed by atoms with Crippen LogP contribution in [0.25, 0.3) is 0 Å². The number of esters is 1. The molecule has 0 heterocycles. The first-order chi connectivity index (χ1) is 29.0. The van der Waals surface area contributed by atoms with E-state index in [0.717, 1.165) is 57.8 Å². The molecule has 6 nitrogen and oxygen atoms in total. The predicted octanol–water partition coefficient (Wildman–Crippen LogP) is 15.5. The highest BCUT2D eigenvalue weighted by Crippen LogP contribution is 2.16. The summed E-state index contributed by atoms with van der Waals surface area (Å²) in [7, 11) is 0. The number of carbonyl (C=O) groups is 2. The Morgan fingerprint density at radius 2 is 0.847 bits per heavy atom. The van der Waals surface area contributed by atoms with Crippen LogP contribution in [0.5, 0.6) is 0 Å². The highest BCUT2D eigenvalue weighted by Gasteiger charge is 2.20. The van der Waals surface area contributed by atoms with Crippen LogP contribution in [-0.4, -0.2) is 47.4 Å². The van der Waals surface area contributed by atoms with Gasteiger partial charge in [-0.25, -0.2) is 0 Å². The number of amides is 1. The van der Waals surface area contributed by atoms with E-state index in [4.69, 9.17) is 4.74 Å². The minimum Gasteiger partial charge on any atom is -0.466 e. The van der Waals surface area contributed by atoms with Crippen molar-refractivity contribution in [2.75, 3.05) is 13.2 Å². The fourth-order valence-electron chi connectivity index (χ4n) is 7.96. The second-order valence-electron chi connectivity index (χ2n) is 17.9. The zero-order chi connectivity index (χ0) is 43.0. The van der Waals surface area contributed by atoms with Gasteiger partial charge in [-0.1, -0.05) is 231 Å². The Balaban J connectivity index is 3.42. The van der Waals surface area contributed by atoms with Gasteiger partial charge in [0.15, 0.2) is 0 Å². The van der Waals surface area contributed by atoms with Crippen LogP contribution in [0.2, 0.25) is 0 Å². The number of aliphatic hydroxyl groups is 2. The second kappa shape index (κ2) is 49.0. The molecule has 0 aromatic carbocycles. The number of unbranched alkanes of at least 4 members (excludes halogenated alkanes) is 33. The van der Waals surface area contributed by atoms with E-state index in [-0.39, 0.29) is 18.5 Å². The van der Waals surface area contributed by atoms with Crippen LogP contribution in [-0.2, 0) is 14.3 Å². The number of hydrogen-bond donors (Lipinski definition) is 3. The highest BCUT2D eigenvalue weighted by molar-refractivity contribution is 5.76. The van der Waals surface area contributed by atoms with Crippen LogP contribution in [0.15, 0.2) is 24.3 Å². The predicted molar refractivity (Wildman–Crippen MR) is 255 cm³/mol. The normalized spacial score (nSPS) is 12.8. The van der Waals surface area contributed by atoms with Crippen LogP contribution >= 0.6 is 0 Å². The molecule has 0 aromatic heterocycles. The van der Waals surface area contributed by atoms with Crippen molar-refractivity contribution in [1.82, 2.24) is 5.32 Å². The van der Waals surface area contributed by atoms with Gasteiger partial charge in [0.25, 0.3) is 0 Å². The molecule has 0 spiro atoms. The minimum absolute atomic E-state index is 0.0111. The Kier molecular flexibility index (Phi) is 47.6. The third-order valence-electron chi connectivity index (χ3n) is 12.0. The number of allylic oxidation sites excluding steroid dienone is 4. The first kappa shape index (κ1) is 57.3. The standard InChI is InChI=1S/C53H101NO5/c1-3-5-7-9-11-13-15-16-19-23-27-31-35-39-43-47-53(58)59-48-44-40-36-32-28-24-21-18-17-20-22-26-30-34-38-42-46-52(57)54-50(49-55)51(56)45-41-37-33-29-25-14-12-10-8-6-4-2/h11,13,16,19,50-51,55-56H,3-10,12,14-15,17-18,20-49H2,1-2H3,(H,54,57)/b13-11-,19-16-. The van der Waals surface area contributed by atoms with Crippen molar-refractivity contribution in [3.63, 3.8) is 0 Å². The van der Waals surface area contributed by atoms with Gasteiger partial charge in [0, 0.05) is 12.8 Å². The maximum atomic E-state index is 12.4. The van der Waals surface area contributed by atoms with E-state index in [0.29, 0.717) is 25.9 Å². The molecule has 1 amide bonds. The lowest BCUT2D eigenvalue weighted by Gasteiger charge is -2.22. The van der Waals surface area contributed by atoms with E-state index in [2.05, 4.69) is 43.5 Å². The number of aliphatic hydroxyl groups excluding tert-OH is 2. The fraction of sp³-hybridized carbons (Fsp3) is 0.887. The molecular weight excluding hydrogens is 731 g/mol. The summed E-state index contributed by atoms with van der Waals surface area (Å²) in [5.74, 6) is -0.0545. The van der Waals surface area contributed by atoms with E-state index >= 15 is 0 Å². The zero-order valence-corrected chi connectivity index (χ0v) is 39.5. The molecule has 0 aliphatic heterocycles.